The lowest BCUT2D eigenvalue weighted by atomic mass is 10.1. The van der Waals surface area contributed by atoms with Crippen LogP contribution in [0.15, 0.2) is 16.6 Å². The summed E-state index contributed by atoms with van der Waals surface area (Å²) in [5, 5.41) is 0. The second-order valence-corrected chi connectivity index (χ2v) is 3.82. The molecular formula is C9H12BrNO. The predicted octanol–water partition coefficient (Wildman–Crippen LogP) is 2.98. The van der Waals surface area contributed by atoms with Gasteiger partial charge in [-0.1, -0.05) is 29.8 Å². The lowest BCUT2D eigenvalue weighted by molar-refractivity contribution is 0.395. The summed E-state index contributed by atoms with van der Waals surface area (Å²) in [6.07, 6.45) is 0. The van der Waals surface area contributed by atoms with Crippen LogP contribution in [-0.2, 0) is 0 Å². The Morgan fingerprint density at radius 2 is 2.08 bits per heavy atom. The van der Waals surface area contributed by atoms with Crippen molar-refractivity contribution in [1.29, 1.82) is 0 Å². The number of aromatic nitrogens is 1. The SMILES string of the molecule is COc1cc(Br)cc(C(C)C)n1. The first-order valence-electron chi connectivity index (χ1n) is 3.85. The molecule has 0 bridgehead atoms. The lowest BCUT2D eigenvalue weighted by Gasteiger charge is -2.06. The van der Waals surface area contributed by atoms with Crippen LogP contribution in [0, 0.1) is 0 Å². The molecule has 0 aliphatic rings. The van der Waals surface area contributed by atoms with Crippen LogP contribution in [-0.4, -0.2) is 12.1 Å². The van der Waals surface area contributed by atoms with E-state index in [9.17, 15) is 0 Å². The smallest absolute Gasteiger partial charge is 0.214 e. The van der Waals surface area contributed by atoms with E-state index in [0.717, 1.165) is 10.2 Å². The normalized spacial score (nSPS) is 10.4. The highest BCUT2D eigenvalue weighted by atomic mass is 79.9. The van der Waals surface area contributed by atoms with Gasteiger partial charge in [-0.2, -0.15) is 0 Å². The molecule has 0 saturated carbocycles. The zero-order valence-corrected chi connectivity index (χ0v) is 9.05. The van der Waals surface area contributed by atoms with Crippen molar-refractivity contribution in [1.82, 2.24) is 4.98 Å². The average molecular weight is 230 g/mol. The Morgan fingerprint density at radius 1 is 1.42 bits per heavy atom. The minimum absolute atomic E-state index is 0.427. The fraction of sp³-hybridized carbons (Fsp3) is 0.444. The summed E-state index contributed by atoms with van der Waals surface area (Å²) < 4.78 is 6.06. The number of hydrogen-bond donors (Lipinski definition) is 0. The molecule has 0 aromatic carbocycles. The number of rotatable bonds is 2. The quantitative estimate of drug-likeness (QED) is 0.779. The first-order valence-corrected chi connectivity index (χ1v) is 4.64. The van der Waals surface area contributed by atoms with Gasteiger partial charge in [0.2, 0.25) is 5.88 Å². The van der Waals surface area contributed by atoms with Gasteiger partial charge in [0.25, 0.3) is 0 Å². The van der Waals surface area contributed by atoms with E-state index in [1.807, 2.05) is 12.1 Å². The van der Waals surface area contributed by atoms with Crippen LogP contribution in [0.1, 0.15) is 25.5 Å². The minimum atomic E-state index is 0.427. The zero-order valence-electron chi connectivity index (χ0n) is 7.47. The fourth-order valence-corrected chi connectivity index (χ4v) is 1.32. The Hall–Kier alpha value is -0.570. The van der Waals surface area contributed by atoms with E-state index in [1.54, 1.807) is 7.11 Å². The third-order valence-corrected chi connectivity index (χ3v) is 2.04. The van der Waals surface area contributed by atoms with E-state index in [-0.39, 0.29) is 0 Å². The Kier molecular flexibility index (Phi) is 3.09. The van der Waals surface area contributed by atoms with Crippen molar-refractivity contribution in [3.63, 3.8) is 0 Å². The van der Waals surface area contributed by atoms with Gasteiger partial charge in [-0.15, -0.1) is 0 Å². The number of ether oxygens (including phenoxy) is 1. The summed E-state index contributed by atoms with van der Waals surface area (Å²) in [6.45, 7) is 4.21. The first-order chi connectivity index (χ1) is 5.63. The van der Waals surface area contributed by atoms with Gasteiger partial charge in [0.15, 0.2) is 0 Å². The van der Waals surface area contributed by atoms with Crippen molar-refractivity contribution < 1.29 is 4.74 Å². The van der Waals surface area contributed by atoms with Gasteiger partial charge in [0, 0.05) is 16.2 Å². The van der Waals surface area contributed by atoms with Gasteiger partial charge >= 0.3 is 0 Å². The van der Waals surface area contributed by atoms with Crippen LogP contribution in [0.25, 0.3) is 0 Å². The molecule has 1 rings (SSSR count). The molecule has 0 aliphatic heterocycles. The molecule has 0 saturated heterocycles. The monoisotopic (exact) mass is 229 g/mol. The number of hydrogen-bond acceptors (Lipinski definition) is 2. The van der Waals surface area contributed by atoms with Gasteiger partial charge in [-0.3, -0.25) is 0 Å². The summed E-state index contributed by atoms with van der Waals surface area (Å²) in [5.41, 5.74) is 1.04. The third kappa shape index (κ3) is 2.21. The van der Waals surface area contributed by atoms with E-state index in [0.29, 0.717) is 11.8 Å². The molecule has 0 aliphatic carbocycles. The molecule has 12 heavy (non-hydrogen) atoms. The number of methoxy groups -OCH3 is 1. The Labute approximate surface area is 81.1 Å². The van der Waals surface area contributed by atoms with Crippen molar-refractivity contribution in [2.75, 3.05) is 7.11 Å². The van der Waals surface area contributed by atoms with Crippen LogP contribution in [0.4, 0.5) is 0 Å². The second-order valence-electron chi connectivity index (χ2n) is 2.91. The van der Waals surface area contributed by atoms with Gasteiger partial charge in [-0.05, 0) is 12.0 Å². The predicted molar refractivity (Wildman–Crippen MR) is 52.6 cm³/mol. The highest BCUT2D eigenvalue weighted by molar-refractivity contribution is 9.10. The Bertz CT molecular complexity index is 273. The zero-order chi connectivity index (χ0) is 9.14. The van der Waals surface area contributed by atoms with E-state index in [4.69, 9.17) is 4.74 Å². The third-order valence-electron chi connectivity index (χ3n) is 1.59. The highest BCUT2D eigenvalue weighted by Gasteiger charge is 2.04. The van der Waals surface area contributed by atoms with Gasteiger partial charge < -0.3 is 4.74 Å². The van der Waals surface area contributed by atoms with E-state index < -0.39 is 0 Å². The molecule has 1 aromatic rings. The summed E-state index contributed by atoms with van der Waals surface area (Å²) >= 11 is 3.40. The standard InChI is InChI=1S/C9H12BrNO/c1-6(2)8-4-7(10)5-9(11-8)12-3/h4-6H,1-3H3. The molecule has 1 aromatic heterocycles. The van der Waals surface area contributed by atoms with Gasteiger partial charge in [0.05, 0.1) is 7.11 Å². The molecule has 0 amide bonds. The molecule has 1 heterocycles. The maximum atomic E-state index is 5.04. The summed E-state index contributed by atoms with van der Waals surface area (Å²) in [7, 11) is 1.62. The van der Waals surface area contributed by atoms with E-state index in [2.05, 4.69) is 34.8 Å². The molecular weight excluding hydrogens is 218 g/mol. The largest absolute Gasteiger partial charge is 0.481 e. The topological polar surface area (TPSA) is 22.1 Å². The summed E-state index contributed by atoms with van der Waals surface area (Å²) in [6, 6.07) is 3.86. The summed E-state index contributed by atoms with van der Waals surface area (Å²) in [4.78, 5) is 4.30. The Morgan fingerprint density at radius 3 is 2.58 bits per heavy atom. The van der Waals surface area contributed by atoms with Crippen molar-refractivity contribution >= 4 is 15.9 Å². The van der Waals surface area contributed by atoms with Crippen LogP contribution in [0.2, 0.25) is 0 Å². The maximum Gasteiger partial charge on any atom is 0.214 e. The average Bonchev–Trinajstić information content (AvgIpc) is 2.03. The second kappa shape index (κ2) is 3.90. The molecule has 0 fully saturated rings. The molecule has 0 spiro atoms. The van der Waals surface area contributed by atoms with Crippen molar-refractivity contribution in [2.45, 2.75) is 19.8 Å². The minimum Gasteiger partial charge on any atom is -0.481 e. The molecule has 2 nitrogen and oxygen atoms in total. The fourth-order valence-electron chi connectivity index (χ4n) is 0.893. The maximum absolute atomic E-state index is 5.04. The molecule has 0 unspecified atom stereocenters. The number of halogens is 1. The lowest BCUT2D eigenvalue weighted by Crippen LogP contribution is -1.95. The van der Waals surface area contributed by atoms with Crippen molar-refractivity contribution in [3.8, 4) is 5.88 Å². The molecule has 0 N–H and O–H groups in total. The number of nitrogens with zero attached hydrogens (tertiary/aromatic N) is 1. The molecule has 3 heteroatoms. The molecule has 0 radical (unpaired) electrons. The highest BCUT2D eigenvalue weighted by Crippen LogP contribution is 2.21. The van der Waals surface area contributed by atoms with Crippen molar-refractivity contribution in [2.24, 2.45) is 0 Å². The van der Waals surface area contributed by atoms with E-state index >= 15 is 0 Å². The van der Waals surface area contributed by atoms with Crippen LogP contribution >= 0.6 is 15.9 Å². The van der Waals surface area contributed by atoms with E-state index in [1.165, 1.54) is 0 Å². The Balaban J connectivity index is 3.06. The number of pyridine rings is 1. The van der Waals surface area contributed by atoms with Gasteiger partial charge in [0.1, 0.15) is 0 Å². The van der Waals surface area contributed by atoms with Crippen LogP contribution in [0.5, 0.6) is 5.88 Å². The molecule has 0 atom stereocenters. The first kappa shape index (κ1) is 9.52. The van der Waals surface area contributed by atoms with Gasteiger partial charge in [-0.25, -0.2) is 4.98 Å². The molecule has 66 valence electrons. The van der Waals surface area contributed by atoms with Crippen LogP contribution in [0.3, 0.4) is 0 Å². The summed E-state index contributed by atoms with van der Waals surface area (Å²) in [5.74, 6) is 1.09. The van der Waals surface area contributed by atoms with Crippen LogP contribution < -0.4 is 4.74 Å². The van der Waals surface area contributed by atoms with Crippen molar-refractivity contribution in [3.05, 3.63) is 22.3 Å².